The predicted molar refractivity (Wildman–Crippen MR) is 94.0 cm³/mol. The quantitative estimate of drug-likeness (QED) is 0.621. The van der Waals surface area contributed by atoms with Crippen LogP contribution in [0.4, 0.5) is 0 Å². The van der Waals surface area contributed by atoms with Crippen molar-refractivity contribution >= 4 is 28.1 Å². The lowest BCUT2D eigenvalue weighted by Gasteiger charge is -2.14. The molecule has 1 amide bonds. The van der Waals surface area contributed by atoms with E-state index in [9.17, 15) is 9.90 Å². The molecule has 120 valence electrons. The Bertz CT molecular complexity index is 731. The van der Waals surface area contributed by atoms with Gasteiger partial charge >= 0.3 is 0 Å². The molecule has 23 heavy (non-hydrogen) atoms. The number of para-hydroxylation sites is 1. The van der Waals surface area contributed by atoms with E-state index in [1.54, 1.807) is 11.3 Å². The van der Waals surface area contributed by atoms with E-state index in [-0.39, 0.29) is 18.4 Å². The molecule has 0 aliphatic rings. The standard InChI is InChI=1S/C18H20N2O2S/c21-9-6-13(15-7-10-23-12-15)5-8-19-18(22)17-11-14-3-1-2-4-16(14)20-17/h1-4,7,10-13,20-21H,5-6,8-9H2,(H,19,22). The Morgan fingerprint density at radius 2 is 2.13 bits per heavy atom. The molecule has 0 saturated heterocycles. The van der Waals surface area contributed by atoms with Gasteiger partial charge in [-0.25, -0.2) is 0 Å². The van der Waals surface area contributed by atoms with Crippen LogP contribution in [0, 0.1) is 0 Å². The minimum Gasteiger partial charge on any atom is -0.396 e. The number of aromatic nitrogens is 1. The van der Waals surface area contributed by atoms with Crippen molar-refractivity contribution < 1.29 is 9.90 Å². The highest BCUT2D eigenvalue weighted by molar-refractivity contribution is 7.07. The van der Waals surface area contributed by atoms with E-state index >= 15 is 0 Å². The summed E-state index contributed by atoms with van der Waals surface area (Å²) in [7, 11) is 0. The highest BCUT2D eigenvalue weighted by Crippen LogP contribution is 2.25. The van der Waals surface area contributed by atoms with Gasteiger partial charge in [0.1, 0.15) is 5.69 Å². The number of carbonyl (C=O) groups is 1. The molecule has 5 heteroatoms. The van der Waals surface area contributed by atoms with Crippen LogP contribution in [0.1, 0.15) is 34.8 Å². The third-order valence-electron chi connectivity index (χ3n) is 4.05. The Kier molecular flexibility index (Phi) is 5.10. The molecule has 0 bridgehead atoms. The van der Waals surface area contributed by atoms with Gasteiger partial charge in [0, 0.05) is 24.1 Å². The summed E-state index contributed by atoms with van der Waals surface area (Å²) in [4.78, 5) is 15.4. The number of H-pyrrole nitrogens is 1. The number of thiophene rings is 1. The number of aliphatic hydroxyl groups is 1. The SMILES string of the molecule is O=C(NCCC(CCO)c1ccsc1)c1cc2ccccc2[nH]1. The second kappa shape index (κ2) is 7.44. The van der Waals surface area contributed by atoms with E-state index < -0.39 is 0 Å². The Morgan fingerprint density at radius 1 is 1.26 bits per heavy atom. The summed E-state index contributed by atoms with van der Waals surface area (Å²) < 4.78 is 0. The van der Waals surface area contributed by atoms with Gasteiger partial charge in [-0.3, -0.25) is 4.79 Å². The van der Waals surface area contributed by atoms with Crippen LogP contribution in [-0.2, 0) is 0 Å². The van der Waals surface area contributed by atoms with E-state index in [1.807, 2.05) is 35.7 Å². The van der Waals surface area contributed by atoms with Crippen molar-refractivity contribution in [3.63, 3.8) is 0 Å². The molecule has 0 spiro atoms. The number of hydrogen-bond acceptors (Lipinski definition) is 3. The molecule has 1 atom stereocenters. The molecular weight excluding hydrogens is 308 g/mol. The summed E-state index contributed by atoms with van der Waals surface area (Å²) in [6, 6.07) is 11.8. The molecule has 3 N–H and O–H groups in total. The number of carbonyl (C=O) groups excluding carboxylic acids is 1. The lowest BCUT2D eigenvalue weighted by Crippen LogP contribution is -2.26. The first-order chi connectivity index (χ1) is 11.3. The van der Waals surface area contributed by atoms with Gasteiger partial charge in [0.15, 0.2) is 0 Å². The topological polar surface area (TPSA) is 65.1 Å². The second-order valence-corrected chi connectivity index (χ2v) is 6.36. The summed E-state index contributed by atoms with van der Waals surface area (Å²) in [6.45, 7) is 0.755. The maximum absolute atomic E-state index is 12.3. The Balaban J connectivity index is 1.57. The van der Waals surface area contributed by atoms with Gasteiger partial charge in [-0.1, -0.05) is 18.2 Å². The zero-order chi connectivity index (χ0) is 16.1. The van der Waals surface area contributed by atoms with Crippen molar-refractivity contribution in [2.24, 2.45) is 0 Å². The number of nitrogens with one attached hydrogen (secondary N) is 2. The summed E-state index contributed by atoms with van der Waals surface area (Å²) in [6.07, 6.45) is 1.54. The first kappa shape index (κ1) is 15.8. The van der Waals surface area contributed by atoms with E-state index in [0.717, 1.165) is 23.7 Å². The van der Waals surface area contributed by atoms with Gasteiger partial charge in [-0.05, 0) is 53.3 Å². The Labute approximate surface area is 139 Å². The normalized spacial score (nSPS) is 12.4. The fraction of sp³-hybridized carbons (Fsp3) is 0.278. The Morgan fingerprint density at radius 3 is 2.87 bits per heavy atom. The lowest BCUT2D eigenvalue weighted by atomic mass is 9.95. The number of aliphatic hydroxyl groups excluding tert-OH is 1. The van der Waals surface area contributed by atoms with Crippen LogP contribution in [0.3, 0.4) is 0 Å². The molecule has 3 rings (SSSR count). The molecule has 2 aromatic heterocycles. The highest BCUT2D eigenvalue weighted by Gasteiger charge is 2.13. The number of fused-ring (bicyclic) bond motifs is 1. The van der Waals surface area contributed by atoms with E-state index in [2.05, 4.69) is 21.7 Å². The minimum atomic E-state index is -0.0886. The van der Waals surface area contributed by atoms with Crippen LogP contribution in [0.5, 0.6) is 0 Å². The van der Waals surface area contributed by atoms with Crippen LogP contribution in [0.2, 0.25) is 0 Å². The highest BCUT2D eigenvalue weighted by atomic mass is 32.1. The maximum Gasteiger partial charge on any atom is 0.267 e. The minimum absolute atomic E-state index is 0.0886. The summed E-state index contributed by atoms with van der Waals surface area (Å²) >= 11 is 1.66. The molecular formula is C18H20N2O2S. The largest absolute Gasteiger partial charge is 0.396 e. The van der Waals surface area contributed by atoms with Crippen molar-refractivity contribution in [3.8, 4) is 0 Å². The maximum atomic E-state index is 12.3. The third-order valence-corrected chi connectivity index (χ3v) is 4.75. The van der Waals surface area contributed by atoms with Gasteiger partial charge in [0.25, 0.3) is 5.91 Å². The molecule has 2 heterocycles. The fourth-order valence-electron chi connectivity index (χ4n) is 2.79. The number of aromatic amines is 1. The van der Waals surface area contributed by atoms with Gasteiger partial charge in [-0.15, -0.1) is 0 Å². The number of benzene rings is 1. The molecule has 3 aromatic rings. The average Bonchev–Trinajstić information content (AvgIpc) is 3.23. The zero-order valence-corrected chi connectivity index (χ0v) is 13.6. The number of amides is 1. The number of hydrogen-bond donors (Lipinski definition) is 3. The smallest absolute Gasteiger partial charge is 0.267 e. The van der Waals surface area contributed by atoms with Crippen LogP contribution in [0.15, 0.2) is 47.2 Å². The summed E-state index contributed by atoms with van der Waals surface area (Å²) in [5.41, 5.74) is 2.79. The molecule has 0 radical (unpaired) electrons. The van der Waals surface area contributed by atoms with Crippen molar-refractivity contribution in [2.75, 3.05) is 13.2 Å². The summed E-state index contributed by atoms with van der Waals surface area (Å²) in [5.74, 6) is 0.198. The first-order valence-corrected chi connectivity index (χ1v) is 8.71. The zero-order valence-electron chi connectivity index (χ0n) is 12.8. The molecule has 1 aromatic carbocycles. The Hall–Kier alpha value is -2.11. The van der Waals surface area contributed by atoms with E-state index in [0.29, 0.717) is 12.2 Å². The second-order valence-electron chi connectivity index (χ2n) is 5.58. The predicted octanol–water partition coefficient (Wildman–Crippen LogP) is 3.52. The van der Waals surface area contributed by atoms with Gasteiger partial charge in [0.2, 0.25) is 0 Å². The van der Waals surface area contributed by atoms with Crippen LogP contribution in [-0.4, -0.2) is 29.1 Å². The molecule has 0 aliphatic carbocycles. The van der Waals surface area contributed by atoms with Crippen LogP contribution in [0.25, 0.3) is 10.9 Å². The monoisotopic (exact) mass is 328 g/mol. The molecule has 0 aliphatic heterocycles. The number of rotatable bonds is 7. The molecule has 1 unspecified atom stereocenters. The van der Waals surface area contributed by atoms with Crippen molar-refractivity contribution in [1.29, 1.82) is 0 Å². The van der Waals surface area contributed by atoms with Crippen LogP contribution >= 0.6 is 11.3 Å². The summed E-state index contributed by atoms with van der Waals surface area (Å²) in [5, 5.41) is 17.4. The first-order valence-electron chi connectivity index (χ1n) is 7.77. The van der Waals surface area contributed by atoms with E-state index in [4.69, 9.17) is 0 Å². The van der Waals surface area contributed by atoms with Crippen molar-refractivity contribution in [1.82, 2.24) is 10.3 Å². The fourth-order valence-corrected chi connectivity index (χ4v) is 3.53. The molecule has 4 nitrogen and oxygen atoms in total. The lowest BCUT2D eigenvalue weighted by molar-refractivity contribution is 0.0948. The van der Waals surface area contributed by atoms with Crippen molar-refractivity contribution in [3.05, 3.63) is 58.4 Å². The van der Waals surface area contributed by atoms with Crippen molar-refractivity contribution in [2.45, 2.75) is 18.8 Å². The molecule has 0 fully saturated rings. The van der Waals surface area contributed by atoms with Gasteiger partial charge in [0.05, 0.1) is 0 Å². The third kappa shape index (κ3) is 3.81. The van der Waals surface area contributed by atoms with E-state index in [1.165, 1.54) is 5.56 Å². The van der Waals surface area contributed by atoms with Gasteiger partial charge in [-0.2, -0.15) is 11.3 Å². The average molecular weight is 328 g/mol. The van der Waals surface area contributed by atoms with Gasteiger partial charge < -0.3 is 15.4 Å². The van der Waals surface area contributed by atoms with Crippen LogP contribution < -0.4 is 5.32 Å². The molecule has 0 saturated carbocycles.